The summed E-state index contributed by atoms with van der Waals surface area (Å²) in [4.78, 5) is 12.9. The van der Waals surface area contributed by atoms with Crippen molar-refractivity contribution in [1.82, 2.24) is 0 Å². The van der Waals surface area contributed by atoms with Gasteiger partial charge >= 0.3 is 5.97 Å². The van der Waals surface area contributed by atoms with Crippen molar-refractivity contribution in [1.29, 1.82) is 0 Å². The number of hydrogen-bond donors (Lipinski definition) is 1. The first-order valence-corrected chi connectivity index (χ1v) is 7.60. The number of benzene rings is 2. The van der Waals surface area contributed by atoms with Gasteiger partial charge in [-0.1, -0.05) is 35.4 Å². The highest BCUT2D eigenvalue weighted by Gasteiger charge is 2.12. The average Bonchev–Trinajstić information content (AvgIpc) is 2.42. The Labute approximate surface area is 137 Å². The van der Waals surface area contributed by atoms with Crippen LogP contribution in [0.3, 0.4) is 0 Å². The zero-order chi connectivity index (χ0) is 15.4. The van der Waals surface area contributed by atoms with Crippen LogP contribution in [0.15, 0.2) is 46.9 Å². The van der Waals surface area contributed by atoms with Crippen molar-refractivity contribution >= 4 is 39.2 Å². The van der Waals surface area contributed by atoms with Crippen LogP contribution < -0.4 is 4.90 Å². The number of rotatable bonds is 5. The van der Waals surface area contributed by atoms with Crippen LogP contribution in [-0.2, 0) is 11.3 Å². The van der Waals surface area contributed by atoms with Gasteiger partial charge < -0.3 is 10.0 Å². The maximum absolute atomic E-state index is 11.1. The van der Waals surface area contributed by atoms with Gasteiger partial charge in [0.05, 0.1) is 5.02 Å². The van der Waals surface area contributed by atoms with E-state index in [2.05, 4.69) is 15.9 Å². The Balaban J connectivity index is 2.25. The van der Waals surface area contributed by atoms with Crippen LogP contribution in [-0.4, -0.2) is 17.6 Å². The zero-order valence-corrected chi connectivity index (χ0v) is 13.9. The number of nitrogens with zero attached hydrogens (tertiary/aromatic N) is 1. The smallest absolute Gasteiger partial charge is 0.323 e. The minimum atomic E-state index is -0.858. The zero-order valence-electron chi connectivity index (χ0n) is 11.5. The summed E-state index contributed by atoms with van der Waals surface area (Å²) in [5.41, 5.74) is 3.02. The molecule has 0 aliphatic carbocycles. The van der Waals surface area contributed by atoms with E-state index in [1.807, 2.05) is 48.2 Å². The first-order valence-electron chi connectivity index (χ1n) is 6.43. The first-order chi connectivity index (χ1) is 9.95. The molecule has 3 nitrogen and oxygen atoms in total. The van der Waals surface area contributed by atoms with E-state index < -0.39 is 5.97 Å². The van der Waals surface area contributed by atoms with Gasteiger partial charge in [0.25, 0.3) is 0 Å². The molecule has 110 valence electrons. The lowest BCUT2D eigenvalue weighted by atomic mass is 10.1. The highest BCUT2D eigenvalue weighted by atomic mass is 79.9. The van der Waals surface area contributed by atoms with Gasteiger partial charge in [0.1, 0.15) is 6.54 Å². The van der Waals surface area contributed by atoms with Crippen LogP contribution in [0.25, 0.3) is 0 Å². The van der Waals surface area contributed by atoms with Crippen molar-refractivity contribution in [3.8, 4) is 0 Å². The van der Waals surface area contributed by atoms with E-state index in [1.54, 1.807) is 6.07 Å². The van der Waals surface area contributed by atoms with Crippen molar-refractivity contribution in [2.24, 2.45) is 0 Å². The summed E-state index contributed by atoms with van der Waals surface area (Å²) in [6.45, 7) is 2.45. The number of anilines is 1. The number of carboxylic acid groups (broad SMARTS) is 1. The summed E-state index contributed by atoms with van der Waals surface area (Å²) >= 11 is 9.37. The Hall–Kier alpha value is -1.52. The molecule has 0 spiro atoms. The lowest BCUT2D eigenvalue weighted by molar-refractivity contribution is -0.135. The molecule has 0 radical (unpaired) electrons. The van der Waals surface area contributed by atoms with E-state index in [1.165, 1.54) is 0 Å². The minimum absolute atomic E-state index is 0.0523. The van der Waals surface area contributed by atoms with Crippen LogP contribution in [0, 0.1) is 6.92 Å². The molecule has 0 unspecified atom stereocenters. The van der Waals surface area contributed by atoms with Gasteiger partial charge in [-0.25, -0.2) is 0 Å². The second-order valence-electron chi connectivity index (χ2n) is 4.83. The van der Waals surface area contributed by atoms with Crippen molar-refractivity contribution in [2.75, 3.05) is 11.4 Å². The topological polar surface area (TPSA) is 40.5 Å². The Morgan fingerprint density at radius 2 is 1.90 bits per heavy atom. The van der Waals surface area contributed by atoms with E-state index in [4.69, 9.17) is 16.7 Å². The molecule has 0 aliphatic heterocycles. The molecule has 5 heteroatoms. The van der Waals surface area contributed by atoms with Gasteiger partial charge in [-0.2, -0.15) is 0 Å². The Bertz CT molecular complexity index is 643. The van der Waals surface area contributed by atoms with Gasteiger partial charge in [-0.05, 0) is 52.7 Å². The third-order valence-electron chi connectivity index (χ3n) is 3.08. The van der Waals surface area contributed by atoms with Crippen LogP contribution >= 0.6 is 27.5 Å². The number of carboxylic acids is 1. The van der Waals surface area contributed by atoms with Crippen LogP contribution in [0.1, 0.15) is 11.1 Å². The average molecular weight is 369 g/mol. The fourth-order valence-electron chi connectivity index (χ4n) is 2.02. The summed E-state index contributed by atoms with van der Waals surface area (Å²) in [5.74, 6) is -0.858. The molecule has 1 N–H and O–H groups in total. The number of aliphatic carboxylic acids is 1. The second-order valence-corrected chi connectivity index (χ2v) is 6.10. The van der Waals surface area contributed by atoms with Gasteiger partial charge in [0.2, 0.25) is 0 Å². The first kappa shape index (κ1) is 15.9. The third kappa shape index (κ3) is 4.48. The largest absolute Gasteiger partial charge is 0.480 e. The Morgan fingerprint density at radius 1 is 1.24 bits per heavy atom. The third-order valence-corrected chi connectivity index (χ3v) is 4.30. The van der Waals surface area contributed by atoms with E-state index in [0.29, 0.717) is 11.6 Å². The lowest BCUT2D eigenvalue weighted by Gasteiger charge is -2.23. The van der Waals surface area contributed by atoms with Crippen molar-refractivity contribution in [3.63, 3.8) is 0 Å². The van der Waals surface area contributed by atoms with Gasteiger partial charge in [-0.15, -0.1) is 0 Å². The van der Waals surface area contributed by atoms with Crippen LogP contribution in [0.5, 0.6) is 0 Å². The number of carbonyl (C=O) groups is 1. The maximum atomic E-state index is 11.1. The fraction of sp³-hybridized carbons (Fsp3) is 0.188. The quantitative estimate of drug-likeness (QED) is 0.844. The summed E-state index contributed by atoms with van der Waals surface area (Å²) in [6, 6.07) is 13.4. The summed E-state index contributed by atoms with van der Waals surface area (Å²) in [7, 11) is 0. The van der Waals surface area contributed by atoms with Crippen molar-refractivity contribution in [2.45, 2.75) is 13.5 Å². The Morgan fingerprint density at radius 3 is 2.48 bits per heavy atom. The summed E-state index contributed by atoms with van der Waals surface area (Å²) < 4.78 is 0.806. The van der Waals surface area contributed by atoms with Gasteiger partial charge in [0, 0.05) is 16.7 Å². The molecule has 0 fully saturated rings. The molecule has 0 heterocycles. The molecule has 21 heavy (non-hydrogen) atoms. The summed E-state index contributed by atoms with van der Waals surface area (Å²) in [6.07, 6.45) is 0. The molecule has 0 saturated carbocycles. The normalized spacial score (nSPS) is 10.4. The molecule has 0 atom stereocenters. The highest BCUT2D eigenvalue weighted by Crippen LogP contribution is 2.25. The highest BCUT2D eigenvalue weighted by molar-refractivity contribution is 9.10. The molecule has 2 aromatic rings. The van der Waals surface area contributed by atoms with Gasteiger partial charge in [0.15, 0.2) is 0 Å². The minimum Gasteiger partial charge on any atom is -0.480 e. The molecular formula is C16H15BrClNO2. The predicted molar refractivity (Wildman–Crippen MR) is 89.0 cm³/mol. The SMILES string of the molecule is Cc1ccc(N(CC(=O)O)Cc2ccc(Cl)c(Br)c2)cc1. The monoisotopic (exact) mass is 367 g/mol. The van der Waals surface area contributed by atoms with Gasteiger partial charge in [-0.3, -0.25) is 4.79 Å². The van der Waals surface area contributed by atoms with Crippen LogP contribution in [0.2, 0.25) is 5.02 Å². The second kappa shape index (κ2) is 6.96. The molecule has 0 saturated heterocycles. The fourth-order valence-corrected chi connectivity index (χ4v) is 2.56. The van der Waals surface area contributed by atoms with E-state index >= 15 is 0 Å². The predicted octanol–water partition coefficient (Wildman–Crippen LogP) is 4.50. The van der Waals surface area contributed by atoms with Crippen molar-refractivity contribution in [3.05, 3.63) is 63.1 Å². The maximum Gasteiger partial charge on any atom is 0.323 e. The number of halogens is 2. The lowest BCUT2D eigenvalue weighted by Crippen LogP contribution is -2.29. The Kier molecular flexibility index (Phi) is 5.26. The molecular weight excluding hydrogens is 354 g/mol. The molecule has 0 aliphatic rings. The van der Waals surface area contributed by atoms with E-state index in [9.17, 15) is 4.79 Å². The molecule has 2 rings (SSSR count). The van der Waals surface area contributed by atoms with E-state index in [0.717, 1.165) is 21.3 Å². The molecule has 0 bridgehead atoms. The van der Waals surface area contributed by atoms with E-state index in [-0.39, 0.29) is 6.54 Å². The summed E-state index contributed by atoms with van der Waals surface area (Å²) in [5, 5.41) is 9.74. The van der Waals surface area contributed by atoms with Crippen LogP contribution in [0.4, 0.5) is 5.69 Å². The van der Waals surface area contributed by atoms with Crippen molar-refractivity contribution < 1.29 is 9.90 Å². The molecule has 0 aromatic heterocycles. The molecule has 2 aromatic carbocycles. The number of aryl methyl sites for hydroxylation is 1. The number of hydrogen-bond acceptors (Lipinski definition) is 2. The standard InChI is InChI=1S/C16H15BrClNO2/c1-11-2-5-13(6-3-11)19(10-16(20)21)9-12-4-7-15(18)14(17)8-12/h2-8H,9-10H2,1H3,(H,20,21). The molecule has 0 amide bonds.